The van der Waals surface area contributed by atoms with Gasteiger partial charge < -0.3 is 10.5 Å². The summed E-state index contributed by atoms with van der Waals surface area (Å²) in [4.78, 5) is 13.2. The van der Waals surface area contributed by atoms with Crippen molar-refractivity contribution in [3.63, 3.8) is 0 Å². The van der Waals surface area contributed by atoms with Gasteiger partial charge in [0.05, 0.1) is 0 Å². The van der Waals surface area contributed by atoms with Crippen LogP contribution < -0.4 is 11.3 Å². The molecule has 0 aromatic rings. The molecule has 0 fully saturated rings. The molecule has 0 aromatic carbocycles. The standard InChI is InChI=1S/C4H7N3O2/c1-3(4(8)9)6-2-7-5/h2H,1,5H2,(H,6,7)(H,8,9). The fourth-order valence-electron chi connectivity index (χ4n) is 0.170. The highest BCUT2D eigenvalue weighted by Crippen LogP contribution is 1.87. The number of carboxylic acids is 1. The zero-order valence-corrected chi connectivity index (χ0v) is 4.66. The Bertz CT molecular complexity index is 152. The van der Waals surface area contributed by atoms with E-state index < -0.39 is 5.97 Å². The monoisotopic (exact) mass is 129 g/mol. The van der Waals surface area contributed by atoms with E-state index in [1.165, 1.54) is 0 Å². The molecule has 0 saturated carbocycles. The van der Waals surface area contributed by atoms with Crippen LogP contribution in [0.15, 0.2) is 17.3 Å². The number of nitrogens with two attached hydrogens (primary N) is 1. The van der Waals surface area contributed by atoms with E-state index in [4.69, 9.17) is 10.9 Å². The molecule has 0 aliphatic heterocycles. The molecule has 0 bridgehead atoms. The zero-order valence-electron chi connectivity index (χ0n) is 4.66. The van der Waals surface area contributed by atoms with Crippen molar-refractivity contribution in [1.82, 2.24) is 5.43 Å². The Hall–Kier alpha value is -1.36. The smallest absolute Gasteiger partial charge is 0.353 e. The minimum Gasteiger partial charge on any atom is -0.477 e. The van der Waals surface area contributed by atoms with E-state index in [2.05, 4.69) is 11.6 Å². The number of hydrogen-bond acceptors (Lipinski definition) is 3. The number of nitrogens with one attached hydrogen (secondary N) is 1. The molecule has 4 N–H and O–H groups in total. The van der Waals surface area contributed by atoms with Crippen molar-refractivity contribution in [3.05, 3.63) is 12.3 Å². The number of carbonyl (C=O) groups is 1. The van der Waals surface area contributed by atoms with Gasteiger partial charge in [0.1, 0.15) is 12.0 Å². The number of aliphatic carboxylic acids is 1. The van der Waals surface area contributed by atoms with Gasteiger partial charge in [-0.15, -0.1) is 0 Å². The molecule has 50 valence electrons. The summed E-state index contributed by atoms with van der Waals surface area (Å²) in [6.07, 6.45) is 1.04. The van der Waals surface area contributed by atoms with Gasteiger partial charge in [-0.1, -0.05) is 6.58 Å². The molecule has 0 spiro atoms. The second kappa shape index (κ2) is 3.62. The Morgan fingerprint density at radius 3 is 2.78 bits per heavy atom. The molecular formula is C4H7N3O2. The van der Waals surface area contributed by atoms with E-state index in [1.807, 2.05) is 5.43 Å². The Morgan fingerprint density at radius 2 is 2.44 bits per heavy atom. The quantitative estimate of drug-likeness (QED) is 0.151. The lowest BCUT2D eigenvalue weighted by molar-refractivity contribution is -0.132. The summed E-state index contributed by atoms with van der Waals surface area (Å²) in [5.74, 6) is 3.58. The number of rotatable bonds is 3. The van der Waals surface area contributed by atoms with Gasteiger partial charge in [-0.25, -0.2) is 15.6 Å². The molecule has 0 saturated heterocycles. The summed E-state index contributed by atoms with van der Waals surface area (Å²) < 4.78 is 0. The lowest BCUT2D eigenvalue weighted by Gasteiger charge is -1.87. The maximum atomic E-state index is 9.92. The topological polar surface area (TPSA) is 87.7 Å². The molecule has 0 radical (unpaired) electrons. The summed E-state index contributed by atoms with van der Waals surface area (Å²) in [6.45, 7) is 3.10. The van der Waals surface area contributed by atoms with Crippen LogP contribution >= 0.6 is 0 Å². The Morgan fingerprint density at radius 1 is 1.89 bits per heavy atom. The first-order valence-electron chi connectivity index (χ1n) is 2.09. The van der Waals surface area contributed by atoms with Crippen LogP contribution in [0.1, 0.15) is 0 Å². The molecule has 0 unspecified atom stereocenters. The highest BCUT2D eigenvalue weighted by molar-refractivity contribution is 5.87. The number of carboxylic acid groups (broad SMARTS) is 1. The van der Waals surface area contributed by atoms with Crippen LogP contribution in [-0.2, 0) is 4.79 Å². The van der Waals surface area contributed by atoms with E-state index in [9.17, 15) is 4.79 Å². The third-order valence-electron chi connectivity index (χ3n) is 0.542. The minimum absolute atomic E-state index is 0.257. The largest absolute Gasteiger partial charge is 0.477 e. The van der Waals surface area contributed by atoms with Gasteiger partial charge in [-0.05, 0) is 0 Å². The van der Waals surface area contributed by atoms with Gasteiger partial charge >= 0.3 is 5.97 Å². The third kappa shape index (κ3) is 3.24. The van der Waals surface area contributed by atoms with Gasteiger partial charge in [-0.3, -0.25) is 0 Å². The number of hydrogen-bond donors (Lipinski definition) is 3. The van der Waals surface area contributed by atoms with Crippen molar-refractivity contribution in [2.45, 2.75) is 0 Å². The molecular weight excluding hydrogens is 122 g/mol. The van der Waals surface area contributed by atoms with Gasteiger partial charge in [0.25, 0.3) is 0 Å². The maximum absolute atomic E-state index is 9.92. The van der Waals surface area contributed by atoms with E-state index in [-0.39, 0.29) is 5.70 Å². The Kier molecular flexibility index (Phi) is 3.07. The Labute approximate surface area is 51.9 Å². The fourth-order valence-corrected chi connectivity index (χ4v) is 0.170. The molecule has 0 aliphatic carbocycles. The molecule has 9 heavy (non-hydrogen) atoms. The van der Waals surface area contributed by atoms with Crippen LogP contribution in [-0.4, -0.2) is 17.4 Å². The van der Waals surface area contributed by atoms with E-state index >= 15 is 0 Å². The lowest BCUT2D eigenvalue weighted by atomic mass is 10.5. The van der Waals surface area contributed by atoms with Crippen LogP contribution in [0.3, 0.4) is 0 Å². The normalized spacial score (nSPS) is 9.44. The first-order valence-corrected chi connectivity index (χ1v) is 2.09. The third-order valence-corrected chi connectivity index (χ3v) is 0.542. The highest BCUT2D eigenvalue weighted by Gasteiger charge is 1.97. The Balaban J connectivity index is 3.77. The van der Waals surface area contributed by atoms with Crippen LogP contribution in [0.25, 0.3) is 0 Å². The summed E-state index contributed by atoms with van der Waals surface area (Å²) in [5, 5.41) is 8.13. The molecule has 0 rings (SSSR count). The summed E-state index contributed by atoms with van der Waals surface area (Å²) in [7, 11) is 0. The van der Waals surface area contributed by atoms with E-state index in [0.29, 0.717) is 0 Å². The zero-order chi connectivity index (χ0) is 7.28. The van der Waals surface area contributed by atoms with Gasteiger partial charge in [0.15, 0.2) is 0 Å². The predicted molar refractivity (Wildman–Crippen MR) is 32.6 cm³/mol. The van der Waals surface area contributed by atoms with Crippen molar-refractivity contribution >= 4 is 12.3 Å². The van der Waals surface area contributed by atoms with Crippen LogP contribution in [0.4, 0.5) is 0 Å². The number of aliphatic imine (C=N–C) groups is 1. The number of nitrogens with zero attached hydrogens (tertiary/aromatic N) is 1. The molecule has 5 nitrogen and oxygen atoms in total. The molecule has 0 amide bonds. The molecule has 5 heteroatoms. The summed E-state index contributed by atoms with van der Waals surface area (Å²) in [6, 6.07) is 0. The molecule has 0 atom stereocenters. The molecule has 0 aliphatic rings. The first-order chi connectivity index (χ1) is 4.18. The van der Waals surface area contributed by atoms with E-state index in [1.54, 1.807) is 0 Å². The van der Waals surface area contributed by atoms with Crippen LogP contribution in [0.5, 0.6) is 0 Å². The van der Waals surface area contributed by atoms with Crippen molar-refractivity contribution in [3.8, 4) is 0 Å². The van der Waals surface area contributed by atoms with Gasteiger partial charge in [-0.2, -0.15) is 0 Å². The fraction of sp³-hybridized carbons (Fsp3) is 0. The van der Waals surface area contributed by atoms with Crippen molar-refractivity contribution in [1.29, 1.82) is 0 Å². The summed E-state index contributed by atoms with van der Waals surface area (Å²) >= 11 is 0. The van der Waals surface area contributed by atoms with Crippen LogP contribution in [0, 0.1) is 0 Å². The number of hydrazine groups is 1. The highest BCUT2D eigenvalue weighted by atomic mass is 16.4. The lowest BCUT2D eigenvalue weighted by Crippen LogP contribution is -2.19. The van der Waals surface area contributed by atoms with Crippen LogP contribution in [0.2, 0.25) is 0 Å². The van der Waals surface area contributed by atoms with Crippen molar-refractivity contribution in [2.75, 3.05) is 0 Å². The van der Waals surface area contributed by atoms with Crippen molar-refractivity contribution < 1.29 is 9.90 Å². The maximum Gasteiger partial charge on any atom is 0.353 e. The average Bonchev–Trinajstić information content (AvgIpc) is 1.82. The first kappa shape index (κ1) is 7.64. The van der Waals surface area contributed by atoms with E-state index in [0.717, 1.165) is 6.34 Å². The predicted octanol–water partition coefficient (Wildman–Crippen LogP) is -0.924. The summed E-state index contributed by atoms with van der Waals surface area (Å²) in [5.41, 5.74) is 1.78. The molecule has 0 heterocycles. The second-order valence-electron chi connectivity index (χ2n) is 1.18. The minimum atomic E-state index is -1.17. The van der Waals surface area contributed by atoms with Crippen molar-refractivity contribution in [2.24, 2.45) is 10.8 Å². The van der Waals surface area contributed by atoms with Gasteiger partial charge in [0, 0.05) is 0 Å². The molecule has 0 aromatic heterocycles. The average molecular weight is 129 g/mol. The van der Waals surface area contributed by atoms with Gasteiger partial charge in [0.2, 0.25) is 0 Å². The SMILES string of the molecule is C=C(/N=C\NN)C(=O)O. The second-order valence-corrected chi connectivity index (χ2v) is 1.18.